The predicted octanol–water partition coefficient (Wildman–Crippen LogP) is 3.26. The lowest BCUT2D eigenvalue weighted by Crippen LogP contribution is -2.52. The van der Waals surface area contributed by atoms with Gasteiger partial charge in [0, 0.05) is 30.1 Å². The summed E-state index contributed by atoms with van der Waals surface area (Å²) < 4.78 is 40.6. The topological polar surface area (TPSA) is 67.9 Å². The highest BCUT2D eigenvalue weighted by Crippen LogP contribution is 2.28. The average molecular weight is 463 g/mol. The van der Waals surface area contributed by atoms with Crippen LogP contribution in [-0.2, 0) is 14.8 Å². The van der Waals surface area contributed by atoms with Crippen LogP contribution >= 0.6 is 15.9 Å². The molecule has 0 spiro atoms. The van der Waals surface area contributed by atoms with Gasteiger partial charge in [0.25, 0.3) is 0 Å². The van der Waals surface area contributed by atoms with Crippen molar-refractivity contribution in [1.82, 2.24) is 9.62 Å². The Hall–Kier alpha value is -0.670. The fourth-order valence-electron chi connectivity index (χ4n) is 3.58. The van der Waals surface area contributed by atoms with Gasteiger partial charge in [0.15, 0.2) is 0 Å². The number of benzene rings is 1. The summed E-state index contributed by atoms with van der Waals surface area (Å²) in [5.74, 6) is 0.804. The van der Waals surface area contributed by atoms with E-state index in [-0.39, 0.29) is 10.9 Å². The van der Waals surface area contributed by atoms with Gasteiger partial charge < -0.3 is 9.47 Å². The summed E-state index contributed by atoms with van der Waals surface area (Å²) in [5, 5.41) is 0. The molecule has 1 N–H and O–H groups in total. The summed E-state index contributed by atoms with van der Waals surface area (Å²) in [7, 11) is -3.68. The number of hydrogen-bond acceptors (Lipinski definition) is 5. The van der Waals surface area contributed by atoms with Crippen LogP contribution in [0.4, 0.5) is 0 Å². The van der Waals surface area contributed by atoms with Crippen molar-refractivity contribution in [3.8, 4) is 5.75 Å². The Morgan fingerprint density at radius 3 is 2.48 bits per heavy atom. The van der Waals surface area contributed by atoms with Gasteiger partial charge in [-0.05, 0) is 31.0 Å². The Kier molecular flexibility index (Phi) is 9.01. The second kappa shape index (κ2) is 10.8. The number of nitrogens with one attached hydrogen (secondary N) is 1. The van der Waals surface area contributed by atoms with E-state index < -0.39 is 10.0 Å². The Morgan fingerprint density at radius 2 is 1.89 bits per heavy atom. The van der Waals surface area contributed by atoms with E-state index >= 15 is 0 Å². The normalized spacial score (nSPS) is 17.2. The van der Waals surface area contributed by atoms with E-state index in [0.29, 0.717) is 42.5 Å². The van der Waals surface area contributed by atoms with Gasteiger partial charge in [-0.1, -0.05) is 42.6 Å². The van der Waals surface area contributed by atoms with E-state index in [1.165, 1.54) is 0 Å². The standard InChI is InChI=1S/C19H31BrN2O4S/c1-4-15(5-2)17(22-9-11-25-12-10-22)14-21-27(23,24)19-13-16(20)7-8-18(19)26-6-3/h7-8,13,15,17,21H,4-6,9-12,14H2,1-3H3/t17-/m1/s1. The molecule has 1 aromatic carbocycles. The predicted molar refractivity (Wildman–Crippen MR) is 111 cm³/mol. The number of halogens is 1. The van der Waals surface area contributed by atoms with Gasteiger partial charge in [0.2, 0.25) is 10.0 Å². The Bertz CT molecular complexity index is 689. The highest BCUT2D eigenvalue weighted by molar-refractivity contribution is 9.10. The summed E-state index contributed by atoms with van der Waals surface area (Å²) in [5.41, 5.74) is 0. The largest absolute Gasteiger partial charge is 0.492 e. The van der Waals surface area contributed by atoms with E-state index in [1.807, 2.05) is 6.92 Å². The number of morpholine rings is 1. The molecule has 0 saturated carbocycles. The molecule has 1 aromatic rings. The van der Waals surface area contributed by atoms with Crippen molar-refractivity contribution in [2.24, 2.45) is 5.92 Å². The number of nitrogens with zero attached hydrogens (tertiary/aromatic N) is 1. The molecule has 0 bridgehead atoms. The molecule has 8 heteroatoms. The quantitative estimate of drug-likeness (QED) is 0.577. The molecule has 154 valence electrons. The van der Waals surface area contributed by atoms with Crippen LogP contribution in [0.15, 0.2) is 27.6 Å². The SMILES string of the molecule is CCOc1ccc(Br)cc1S(=O)(=O)NC[C@H](C(CC)CC)N1CCOCC1. The zero-order chi connectivity index (χ0) is 19.9. The maximum Gasteiger partial charge on any atom is 0.244 e. The van der Waals surface area contributed by atoms with Gasteiger partial charge in [0.1, 0.15) is 10.6 Å². The molecule has 0 amide bonds. The number of sulfonamides is 1. The second-order valence-electron chi connectivity index (χ2n) is 6.67. The summed E-state index contributed by atoms with van der Waals surface area (Å²) in [6, 6.07) is 5.21. The number of ether oxygens (including phenoxy) is 2. The Balaban J connectivity index is 2.20. The second-order valence-corrected chi connectivity index (χ2v) is 9.32. The van der Waals surface area contributed by atoms with Crippen LogP contribution in [-0.4, -0.2) is 58.8 Å². The van der Waals surface area contributed by atoms with E-state index in [9.17, 15) is 8.42 Å². The van der Waals surface area contributed by atoms with Gasteiger partial charge in [-0.2, -0.15) is 0 Å². The van der Waals surface area contributed by atoms with E-state index in [0.717, 1.165) is 25.9 Å². The molecule has 6 nitrogen and oxygen atoms in total. The van der Waals surface area contributed by atoms with Crippen LogP contribution in [0, 0.1) is 5.92 Å². The molecule has 1 aliphatic rings. The maximum absolute atomic E-state index is 13.0. The minimum absolute atomic E-state index is 0.154. The molecular formula is C19H31BrN2O4S. The van der Waals surface area contributed by atoms with Gasteiger partial charge in [-0.3, -0.25) is 4.90 Å². The molecule has 0 radical (unpaired) electrons. The molecular weight excluding hydrogens is 432 g/mol. The highest BCUT2D eigenvalue weighted by Gasteiger charge is 2.29. The van der Waals surface area contributed by atoms with Crippen LogP contribution in [0.5, 0.6) is 5.75 Å². The molecule has 27 heavy (non-hydrogen) atoms. The van der Waals surface area contributed by atoms with Crippen molar-refractivity contribution in [2.45, 2.75) is 44.6 Å². The summed E-state index contributed by atoms with van der Waals surface area (Å²) >= 11 is 3.36. The monoisotopic (exact) mass is 462 g/mol. The van der Waals surface area contributed by atoms with Crippen LogP contribution in [0.1, 0.15) is 33.6 Å². The Morgan fingerprint density at radius 1 is 1.22 bits per heavy atom. The third kappa shape index (κ3) is 6.15. The van der Waals surface area contributed by atoms with E-state index in [1.54, 1.807) is 18.2 Å². The van der Waals surface area contributed by atoms with Crippen LogP contribution in [0.2, 0.25) is 0 Å². The van der Waals surface area contributed by atoms with Crippen molar-refractivity contribution in [1.29, 1.82) is 0 Å². The zero-order valence-corrected chi connectivity index (χ0v) is 18.8. The van der Waals surface area contributed by atoms with Gasteiger partial charge in [-0.25, -0.2) is 13.1 Å². The molecule has 1 heterocycles. The van der Waals surface area contributed by atoms with Crippen molar-refractivity contribution in [2.75, 3.05) is 39.5 Å². The molecule has 0 aromatic heterocycles. The third-order valence-corrected chi connectivity index (χ3v) is 7.02. The highest BCUT2D eigenvalue weighted by atomic mass is 79.9. The van der Waals surface area contributed by atoms with Crippen molar-refractivity contribution >= 4 is 26.0 Å². The summed E-state index contributed by atoms with van der Waals surface area (Å²) in [6.45, 7) is 10.0. The number of rotatable bonds is 10. The fourth-order valence-corrected chi connectivity index (χ4v) is 5.31. The minimum Gasteiger partial charge on any atom is -0.492 e. The number of hydrogen-bond donors (Lipinski definition) is 1. The van der Waals surface area contributed by atoms with E-state index in [4.69, 9.17) is 9.47 Å². The first kappa shape index (κ1) is 22.6. The van der Waals surface area contributed by atoms with Crippen LogP contribution < -0.4 is 9.46 Å². The lowest BCUT2D eigenvalue weighted by molar-refractivity contribution is 0.00297. The fraction of sp³-hybridized carbons (Fsp3) is 0.684. The van der Waals surface area contributed by atoms with Crippen molar-refractivity contribution < 1.29 is 17.9 Å². The summed E-state index contributed by atoms with van der Waals surface area (Å²) in [6.07, 6.45) is 2.03. The third-order valence-electron chi connectivity index (χ3n) is 5.09. The molecule has 1 saturated heterocycles. The molecule has 1 aliphatic heterocycles. The molecule has 2 rings (SSSR count). The summed E-state index contributed by atoms with van der Waals surface area (Å²) in [4.78, 5) is 2.53. The minimum atomic E-state index is -3.68. The smallest absolute Gasteiger partial charge is 0.244 e. The first-order chi connectivity index (χ1) is 12.9. The van der Waals surface area contributed by atoms with Gasteiger partial charge in [-0.15, -0.1) is 0 Å². The lowest BCUT2D eigenvalue weighted by Gasteiger charge is -2.38. The maximum atomic E-state index is 13.0. The Labute approximate surface area is 171 Å². The van der Waals surface area contributed by atoms with Gasteiger partial charge in [0.05, 0.1) is 19.8 Å². The van der Waals surface area contributed by atoms with Crippen molar-refractivity contribution in [3.05, 3.63) is 22.7 Å². The molecule has 1 atom stereocenters. The first-order valence-corrected chi connectivity index (χ1v) is 11.9. The van der Waals surface area contributed by atoms with Crippen LogP contribution in [0.25, 0.3) is 0 Å². The van der Waals surface area contributed by atoms with Gasteiger partial charge >= 0.3 is 0 Å². The molecule has 0 aliphatic carbocycles. The average Bonchev–Trinajstić information content (AvgIpc) is 2.67. The zero-order valence-electron chi connectivity index (χ0n) is 16.4. The molecule has 0 unspecified atom stereocenters. The van der Waals surface area contributed by atoms with Crippen molar-refractivity contribution in [3.63, 3.8) is 0 Å². The van der Waals surface area contributed by atoms with Crippen LogP contribution in [0.3, 0.4) is 0 Å². The van der Waals surface area contributed by atoms with E-state index in [2.05, 4.69) is 39.4 Å². The molecule has 1 fully saturated rings. The first-order valence-electron chi connectivity index (χ1n) is 9.66. The lowest BCUT2D eigenvalue weighted by atomic mass is 9.92.